The van der Waals surface area contributed by atoms with Crippen LogP contribution in [0.4, 0.5) is 0 Å². The van der Waals surface area contributed by atoms with E-state index in [2.05, 4.69) is 55.4 Å². The number of ether oxygens (including phenoxy) is 4. The summed E-state index contributed by atoms with van der Waals surface area (Å²) >= 11 is 0. The van der Waals surface area contributed by atoms with E-state index in [-0.39, 0.29) is 25.7 Å². The summed E-state index contributed by atoms with van der Waals surface area (Å²) in [6.45, 7) is 14.0. The average Bonchev–Trinajstić information content (AvgIpc) is 3.59. The molecule has 0 rings (SSSR count). The predicted molar refractivity (Wildman–Crippen MR) is 340 cm³/mol. The van der Waals surface area contributed by atoms with Gasteiger partial charge in [-0.3, -0.25) is 37.3 Å². The third-order valence-corrected chi connectivity index (χ3v) is 17.7. The van der Waals surface area contributed by atoms with Crippen LogP contribution in [-0.4, -0.2) is 96.7 Å². The van der Waals surface area contributed by atoms with Gasteiger partial charge in [-0.2, -0.15) is 0 Å². The summed E-state index contributed by atoms with van der Waals surface area (Å²) in [6, 6.07) is 0. The Labute approximate surface area is 517 Å². The van der Waals surface area contributed by atoms with Crippen molar-refractivity contribution in [3.8, 4) is 0 Å². The molecule has 0 aliphatic carbocycles. The lowest BCUT2D eigenvalue weighted by Crippen LogP contribution is -2.30. The number of rotatable bonds is 63. The largest absolute Gasteiger partial charge is 0.472 e. The molecule has 17 nitrogen and oxygen atoms in total. The fourth-order valence-electron chi connectivity index (χ4n) is 9.72. The molecule has 0 amide bonds. The Balaban J connectivity index is 5.26. The highest BCUT2D eigenvalue weighted by Gasteiger charge is 2.30. The number of aliphatic hydroxyl groups is 1. The van der Waals surface area contributed by atoms with Gasteiger partial charge in [-0.25, -0.2) is 9.13 Å². The van der Waals surface area contributed by atoms with E-state index in [0.717, 1.165) is 108 Å². The van der Waals surface area contributed by atoms with E-state index in [1.807, 2.05) is 0 Å². The van der Waals surface area contributed by atoms with Gasteiger partial charge >= 0.3 is 39.5 Å². The third kappa shape index (κ3) is 58.2. The van der Waals surface area contributed by atoms with E-state index >= 15 is 0 Å². The van der Waals surface area contributed by atoms with Crippen molar-refractivity contribution in [2.24, 2.45) is 23.7 Å². The van der Waals surface area contributed by atoms with E-state index in [9.17, 15) is 43.2 Å². The van der Waals surface area contributed by atoms with Crippen LogP contribution in [0.5, 0.6) is 0 Å². The molecular formula is C66H128O17P2. The number of hydrogen-bond donors (Lipinski definition) is 3. The number of phosphoric ester groups is 2. The molecule has 0 saturated carbocycles. The molecule has 85 heavy (non-hydrogen) atoms. The van der Waals surface area contributed by atoms with Crippen molar-refractivity contribution in [1.29, 1.82) is 0 Å². The quantitative estimate of drug-likeness (QED) is 0.0222. The number of carbonyl (C=O) groups excluding carboxylic acids is 4. The molecule has 0 fully saturated rings. The first-order valence-electron chi connectivity index (χ1n) is 34.3. The average molecular weight is 1260 g/mol. The zero-order chi connectivity index (χ0) is 63.2. The summed E-state index contributed by atoms with van der Waals surface area (Å²) in [5, 5.41) is 10.5. The predicted octanol–water partition coefficient (Wildman–Crippen LogP) is 18.1. The van der Waals surface area contributed by atoms with Crippen molar-refractivity contribution in [3.63, 3.8) is 0 Å². The molecule has 0 aliphatic heterocycles. The molecule has 0 saturated heterocycles. The molecule has 7 atom stereocenters. The van der Waals surface area contributed by atoms with Gasteiger partial charge in [0.15, 0.2) is 12.2 Å². The summed E-state index contributed by atoms with van der Waals surface area (Å²) in [4.78, 5) is 72.3. The number of aliphatic hydroxyl groups excluding tert-OH is 1. The number of unbranched alkanes of at least 4 members (excludes halogenated alkanes) is 27. The van der Waals surface area contributed by atoms with E-state index in [4.69, 9.17) is 37.0 Å². The Morgan fingerprint density at radius 2 is 0.565 bits per heavy atom. The summed E-state index contributed by atoms with van der Waals surface area (Å²) in [5.74, 6) is 0.815. The molecule has 3 N–H and O–H groups in total. The molecule has 19 heteroatoms. The number of carbonyl (C=O) groups is 4. The first-order valence-corrected chi connectivity index (χ1v) is 37.3. The van der Waals surface area contributed by atoms with Gasteiger partial charge in [0, 0.05) is 25.7 Å². The van der Waals surface area contributed by atoms with Crippen LogP contribution in [0.15, 0.2) is 0 Å². The molecule has 0 heterocycles. The van der Waals surface area contributed by atoms with Gasteiger partial charge in [0.2, 0.25) is 0 Å². The summed E-state index contributed by atoms with van der Waals surface area (Å²) in [6.07, 6.45) is 36.3. The molecule has 0 aromatic rings. The first kappa shape index (κ1) is 83.1. The molecule has 0 spiro atoms. The monoisotopic (exact) mass is 1250 g/mol. The normalized spacial score (nSPS) is 15.0. The van der Waals surface area contributed by atoms with Crippen molar-refractivity contribution in [1.82, 2.24) is 0 Å². The van der Waals surface area contributed by atoms with Gasteiger partial charge in [-0.1, -0.05) is 267 Å². The molecule has 504 valence electrons. The van der Waals surface area contributed by atoms with Gasteiger partial charge in [0.05, 0.1) is 26.4 Å². The lowest BCUT2D eigenvalue weighted by atomic mass is 9.99. The van der Waals surface area contributed by atoms with Crippen molar-refractivity contribution in [3.05, 3.63) is 0 Å². The number of phosphoric acid groups is 2. The summed E-state index contributed by atoms with van der Waals surface area (Å²) < 4.78 is 68.1. The maximum atomic E-state index is 13.0. The third-order valence-electron chi connectivity index (χ3n) is 15.8. The van der Waals surface area contributed by atoms with Crippen LogP contribution in [0, 0.1) is 23.7 Å². The summed E-state index contributed by atoms with van der Waals surface area (Å²) in [7, 11) is -9.89. The highest BCUT2D eigenvalue weighted by Crippen LogP contribution is 2.45. The lowest BCUT2D eigenvalue weighted by Gasteiger charge is -2.21. The molecule has 0 aromatic carbocycles. The maximum Gasteiger partial charge on any atom is 0.472 e. The Kier molecular flexibility index (Phi) is 54.8. The smallest absolute Gasteiger partial charge is 0.462 e. The Morgan fingerprint density at radius 1 is 0.329 bits per heavy atom. The second kappa shape index (κ2) is 56.1. The van der Waals surface area contributed by atoms with Gasteiger partial charge < -0.3 is 33.8 Å². The minimum atomic E-state index is -4.95. The minimum Gasteiger partial charge on any atom is -0.462 e. The van der Waals surface area contributed by atoms with Gasteiger partial charge in [0.25, 0.3) is 0 Å². The Morgan fingerprint density at radius 3 is 0.835 bits per heavy atom. The van der Waals surface area contributed by atoms with Gasteiger partial charge in [-0.05, 0) is 49.4 Å². The van der Waals surface area contributed by atoms with E-state index in [1.54, 1.807) is 0 Å². The number of hydrogen-bond acceptors (Lipinski definition) is 15. The lowest BCUT2D eigenvalue weighted by molar-refractivity contribution is -0.161. The van der Waals surface area contributed by atoms with Crippen LogP contribution in [0.25, 0.3) is 0 Å². The number of esters is 4. The molecule has 0 bridgehead atoms. The van der Waals surface area contributed by atoms with Crippen molar-refractivity contribution >= 4 is 39.5 Å². The fourth-order valence-corrected chi connectivity index (χ4v) is 11.3. The van der Waals surface area contributed by atoms with Gasteiger partial charge in [0.1, 0.15) is 19.3 Å². The minimum absolute atomic E-state index is 0.101. The first-order chi connectivity index (χ1) is 40.7. The van der Waals surface area contributed by atoms with Crippen LogP contribution < -0.4 is 0 Å². The molecule has 5 unspecified atom stereocenters. The van der Waals surface area contributed by atoms with Crippen molar-refractivity contribution in [2.45, 2.75) is 337 Å². The zero-order valence-electron chi connectivity index (χ0n) is 55.2. The Bertz CT molecular complexity index is 1700. The molecule has 0 aliphatic rings. The highest BCUT2D eigenvalue weighted by atomic mass is 31.2. The second-order valence-electron chi connectivity index (χ2n) is 25.3. The topological polar surface area (TPSA) is 237 Å². The zero-order valence-corrected chi connectivity index (χ0v) is 57.0. The van der Waals surface area contributed by atoms with Crippen LogP contribution in [0.1, 0.15) is 319 Å². The van der Waals surface area contributed by atoms with E-state index in [0.29, 0.717) is 37.5 Å². The highest BCUT2D eigenvalue weighted by molar-refractivity contribution is 7.47. The second-order valence-corrected chi connectivity index (χ2v) is 28.2. The van der Waals surface area contributed by atoms with Crippen LogP contribution in [0.3, 0.4) is 0 Å². The SMILES string of the molecule is CCC(C)CCCCCCCCCCCCC(=O)O[C@H](COC(=O)CCCCCCCCCCC(C)CC)COP(=O)(O)OCC(O)COP(=O)(O)OC[C@@H](COC(=O)CCCCCCCCCC(C)C)OC(=O)CCCCCCCCC(C)C. The Hall–Kier alpha value is -1.94. The standard InChI is InChI=1S/C66H128O17P2/c1-9-58(7)44-36-28-19-13-11-12-14-22-32-40-48-65(70)82-61(52-76-63(68)46-38-30-21-16-15-20-29-37-45-59(8)10-2)54-80-84(72,73)78-50-60(67)51-79-85(74,75)81-55-62(83-66(71)49-41-33-25-24-27-35-43-57(5)6)53-77-64(69)47-39-31-23-17-18-26-34-42-56(3)4/h56-62,67H,9-55H2,1-8H3,(H,72,73)(H,74,75)/t58?,59?,60?,61-,62-/m1/s1. The maximum absolute atomic E-state index is 13.0. The van der Waals surface area contributed by atoms with Crippen molar-refractivity contribution < 1.29 is 80.2 Å². The van der Waals surface area contributed by atoms with Gasteiger partial charge in [-0.15, -0.1) is 0 Å². The van der Waals surface area contributed by atoms with Crippen LogP contribution >= 0.6 is 15.6 Å². The molecule has 0 aromatic heterocycles. The molecular weight excluding hydrogens is 1130 g/mol. The summed E-state index contributed by atoms with van der Waals surface area (Å²) in [5.41, 5.74) is 0. The molecule has 0 radical (unpaired) electrons. The van der Waals surface area contributed by atoms with E-state index in [1.165, 1.54) is 116 Å². The van der Waals surface area contributed by atoms with Crippen LogP contribution in [-0.2, 0) is 65.4 Å². The van der Waals surface area contributed by atoms with Crippen molar-refractivity contribution in [2.75, 3.05) is 39.6 Å². The van der Waals surface area contributed by atoms with Crippen LogP contribution in [0.2, 0.25) is 0 Å². The van der Waals surface area contributed by atoms with E-state index < -0.39 is 97.5 Å². The fraction of sp³-hybridized carbons (Fsp3) is 0.939.